The van der Waals surface area contributed by atoms with Crippen LogP contribution in [-0.2, 0) is 33.8 Å². The van der Waals surface area contributed by atoms with Crippen molar-refractivity contribution in [1.29, 1.82) is 0 Å². The highest BCUT2D eigenvalue weighted by Gasteiger charge is 2.51. The first-order chi connectivity index (χ1) is 24.4. The van der Waals surface area contributed by atoms with Gasteiger partial charge in [0.1, 0.15) is 30.3 Å². The zero-order valence-corrected chi connectivity index (χ0v) is 28.1. The van der Waals surface area contributed by atoms with Crippen LogP contribution in [0.25, 0.3) is 0 Å². The lowest BCUT2D eigenvalue weighted by Gasteiger charge is -2.55. The Morgan fingerprint density at radius 1 is 0.920 bits per heavy atom. The standard InChI is InChI=1S/C38H44N6O6/c45-32-13-11-28(12-14-32)22-34-37(47)41(24-31-7-4-8-33(21-31)50-20-17-40-15-18-49-19-16-40)26-35-43(34)36(46)27-42(25-30-9-10-30)44(35)38(48)39-23-29-5-2-1-3-6-29/h1-14,21,30,34-35,45H,15-20,22-27H2,(H,39,48)/t34-,35-/m0/s1. The molecule has 4 amide bonds. The van der Waals surface area contributed by atoms with E-state index in [9.17, 15) is 19.5 Å². The molecule has 3 saturated heterocycles. The quantitative estimate of drug-likeness (QED) is 0.281. The van der Waals surface area contributed by atoms with Gasteiger partial charge in [0.15, 0.2) is 0 Å². The first kappa shape index (κ1) is 33.6. The van der Waals surface area contributed by atoms with Crippen LogP contribution in [-0.4, -0.2) is 119 Å². The summed E-state index contributed by atoms with van der Waals surface area (Å²) in [5.41, 5.74) is 2.65. The van der Waals surface area contributed by atoms with Crippen LogP contribution in [0.15, 0.2) is 91.0 Å². The summed E-state index contributed by atoms with van der Waals surface area (Å²) >= 11 is 0. The highest BCUT2D eigenvalue weighted by molar-refractivity contribution is 5.91. The molecule has 0 aromatic heterocycles. The summed E-state index contributed by atoms with van der Waals surface area (Å²) in [6.45, 7) is 5.83. The summed E-state index contributed by atoms with van der Waals surface area (Å²) < 4.78 is 11.6. The topological polar surface area (TPSA) is 118 Å². The molecule has 2 N–H and O–H groups in total. The smallest absolute Gasteiger partial charge is 0.334 e. The number of carbonyl (C=O) groups excluding carboxylic acids is 3. The lowest BCUT2D eigenvalue weighted by Crippen LogP contribution is -2.76. The summed E-state index contributed by atoms with van der Waals surface area (Å²) in [6, 6.07) is 22.9. The van der Waals surface area contributed by atoms with Crippen LogP contribution in [0.4, 0.5) is 4.79 Å². The number of ether oxygens (including phenoxy) is 2. The molecule has 3 heterocycles. The van der Waals surface area contributed by atoms with E-state index in [1.807, 2.05) is 59.6 Å². The summed E-state index contributed by atoms with van der Waals surface area (Å²) in [5.74, 6) is 0.632. The molecule has 0 spiro atoms. The molecule has 3 fully saturated rings. The molecule has 0 saturated carbocycles. The third kappa shape index (κ3) is 8.10. The Balaban J connectivity index is 1.14. The summed E-state index contributed by atoms with van der Waals surface area (Å²) in [7, 11) is 0. The third-order valence-electron chi connectivity index (χ3n) is 9.63. The number of hydrogen-bond donors (Lipinski definition) is 2. The van der Waals surface area contributed by atoms with Crippen molar-refractivity contribution in [2.45, 2.75) is 31.7 Å². The molecule has 7 rings (SSSR count). The fourth-order valence-corrected chi connectivity index (χ4v) is 6.92. The zero-order chi connectivity index (χ0) is 34.5. The van der Waals surface area contributed by atoms with E-state index in [1.165, 1.54) is 0 Å². The van der Waals surface area contributed by atoms with Crippen LogP contribution in [0.5, 0.6) is 11.5 Å². The fourth-order valence-electron chi connectivity index (χ4n) is 6.92. The Morgan fingerprint density at radius 2 is 1.68 bits per heavy atom. The maximum Gasteiger partial charge on any atom is 0.334 e. The SMILES string of the molecule is O=C1[C@H](Cc2ccc(O)cc2)N2C(=O)CN(CC3C=C3)N(C(=O)NCc3ccccc3)[C@H]2CN1Cc1cccc(OCCN2CCOCC2)c1. The normalized spacial score (nSPS) is 21.3. The second-order valence-corrected chi connectivity index (χ2v) is 13.2. The van der Waals surface area contributed by atoms with Crippen molar-refractivity contribution in [3.8, 4) is 11.5 Å². The molecule has 1 aliphatic carbocycles. The van der Waals surface area contributed by atoms with Crippen LogP contribution in [0, 0.1) is 5.92 Å². The first-order valence-electron chi connectivity index (χ1n) is 17.3. The average Bonchev–Trinajstić information content (AvgIpc) is 3.95. The van der Waals surface area contributed by atoms with Crippen molar-refractivity contribution in [2.24, 2.45) is 5.92 Å². The van der Waals surface area contributed by atoms with Crippen molar-refractivity contribution in [2.75, 3.05) is 59.1 Å². The Hall–Kier alpha value is -4.91. The Kier molecular flexibility index (Phi) is 10.3. The van der Waals surface area contributed by atoms with Gasteiger partial charge in [0.25, 0.3) is 0 Å². The van der Waals surface area contributed by atoms with E-state index in [2.05, 4.69) is 22.4 Å². The number of amides is 4. The molecule has 0 bridgehead atoms. The molecule has 3 aromatic rings. The molecular formula is C38H44N6O6. The molecule has 3 aliphatic heterocycles. The predicted molar refractivity (Wildman–Crippen MR) is 186 cm³/mol. The number of benzene rings is 3. The number of nitrogens with one attached hydrogen (secondary N) is 1. The van der Waals surface area contributed by atoms with Crippen molar-refractivity contribution in [1.82, 2.24) is 30.0 Å². The minimum absolute atomic E-state index is 0.0172. The highest BCUT2D eigenvalue weighted by atomic mass is 16.5. The maximum absolute atomic E-state index is 14.4. The van der Waals surface area contributed by atoms with Gasteiger partial charge in [-0.1, -0.05) is 66.7 Å². The van der Waals surface area contributed by atoms with E-state index in [4.69, 9.17) is 9.47 Å². The van der Waals surface area contributed by atoms with Gasteiger partial charge in [0, 0.05) is 51.6 Å². The zero-order valence-electron chi connectivity index (χ0n) is 28.1. The van der Waals surface area contributed by atoms with Crippen molar-refractivity contribution in [3.05, 3.63) is 108 Å². The molecular weight excluding hydrogens is 636 g/mol. The third-order valence-corrected chi connectivity index (χ3v) is 9.63. The minimum atomic E-state index is -0.843. The van der Waals surface area contributed by atoms with Gasteiger partial charge >= 0.3 is 6.03 Å². The number of morpholine rings is 1. The summed E-state index contributed by atoms with van der Waals surface area (Å²) in [4.78, 5) is 48.1. The van der Waals surface area contributed by atoms with E-state index in [0.29, 0.717) is 19.7 Å². The second kappa shape index (κ2) is 15.3. The molecule has 12 nitrogen and oxygen atoms in total. The van der Waals surface area contributed by atoms with Crippen molar-refractivity contribution >= 4 is 17.8 Å². The molecule has 2 atom stereocenters. The van der Waals surface area contributed by atoms with E-state index in [-0.39, 0.29) is 55.6 Å². The van der Waals surface area contributed by atoms with Crippen LogP contribution in [0.2, 0.25) is 0 Å². The van der Waals surface area contributed by atoms with Gasteiger partial charge in [-0.15, -0.1) is 0 Å². The molecule has 12 heteroatoms. The van der Waals surface area contributed by atoms with E-state index in [1.54, 1.807) is 39.1 Å². The Bertz CT molecular complexity index is 1670. The summed E-state index contributed by atoms with van der Waals surface area (Å²) in [5, 5.41) is 16.4. The van der Waals surface area contributed by atoms with Gasteiger partial charge < -0.3 is 29.7 Å². The number of piperazine rings is 1. The second-order valence-electron chi connectivity index (χ2n) is 13.2. The molecule has 0 radical (unpaired) electrons. The molecule has 3 aromatic carbocycles. The van der Waals surface area contributed by atoms with Crippen LogP contribution in [0.1, 0.15) is 16.7 Å². The summed E-state index contributed by atoms with van der Waals surface area (Å²) in [6.07, 6.45) is 3.62. The number of phenols is 1. The molecule has 50 heavy (non-hydrogen) atoms. The number of carbonyl (C=O) groups is 3. The van der Waals surface area contributed by atoms with Gasteiger partial charge in [-0.2, -0.15) is 0 Å². The van der Waals surface area contributed by atoms with Gasteiger partial charge in [0.05, 0.1) is 26.3 Å². The average molecular weight is 681 g/mol. The highest BCUT2D eigenvalue weighted by Crippen LogP contribution is 2.31. The van der Waals surface area contributed by atoms with Crippen LogP contribution in [0.3, 0.4) is 0 Å². The lowest BCUT2D eigenvalue weighted by molar-refractivity contribution is -0.191. The number of aromatic hydroxyl groups is 1. The lowest BCUT2D eigenvalue weighted by atomic mass is 9.98. The molecule has 0 unspecified atom stereocenters. The van der Waals surface area contributed by atoms with Crippen molar-refractivity contribution in [3.63, 3.8) is 0 Å². The molecule has 4 aliphatic rings. The largest absolute Gasteiger partial charge is 0.508 e. The number of hydrazine groups is 1. The molecule has 262 valence electrons. The van der Waals surface area contributed by atoms with E-state index in [0.717, 1.165) is 55.3 Å². The van der Waals surface area contributed by atoms with Crippen LogP contribution >= 0.6 is 0 Å². The number of hydrogen-bond acceptors (Lipinski definition) is 8. The van der Waals surface area contributed by atoms with E-state index < -0.39 is 12.2 Å². The van der Waals surface area contributed by atoms with Crippen molar-refractivity contribution < 1.29 is 29.0 Å². The number of rotatable bonds is 12. The van der Waals surface area contributed by atoms with Crippen LogP contribution < -0.4 is 10.1 Å². The Labute approximate surface area is 292 Å². The monoisotopic (exact) mass is 680 g/mol. The van der Waals surface area contributed by atoms with Gasteiger partial charge in [-0.3, -0.25) is 14.5 Å². The number of urea groups is 1. The number of fused-ring (bicyclic) bond motifs is 1. The van der Waals surface area contributed by atoms with Gasteiger partial charge in [-0.05, 0) is 41.0 Å². The minimum Gasteiger partial charge on any atom is -0.508 e. The first-order valence-corrected chi connectivity index (χ1v) is 17.3. The van der Waals surface area contributed by atoms with Gasteiger partial charge in [-0.25, -0.2) is 14.8 Å². The van der Waals surface area contributed by atoms with E-state index >= 15 is 0 Å². The fraction of sp³-hybridized carbons (Fsp3) is 0.395. The maximum atomic E-state index is 14.4. The Morgan fingerprint density at radius 3 is 2.44 bits per heavy atom. The number of nitrogens with zero attached hydrogens (tertiary/aromatic N) is 5. The predicted octanol–water partition coefficient (Wildman–Crippen LogP) is 2.84. The van der Waals surface area contributed by atoms with Gasteiger partial charge in [0.2, 0.25) is 11.8 Å². The number of phenolic OH excluding ortho intramolecular Hbond substituents is 1.